The highest BCUT2D eigenvalue weighted by Crippen LogP contribution is 2.33. The second-order valence-corrected chi connectivity index (χ2v) is 8.56. The maximum Gasteiger partial charge on any atom is 0.426 e. The first kappa shape index (κ1) is 17.2. The van der Waals surface area contributed by atoms with Gasteiger partial charge in [0.2, 0.25) is 0 Å². The van der Waals surface area contributed by atoms with Gasteiger partial charge in [-0.2, -0.15) is 12.7 Å². The predicted octanol–water partition coefficient (Wildman–Crippen LogP) is 1.75. The summed E-state index contributed by atoms with van der Waals surface area (Å²) >= 11 is 0. The lowest BCUT2D eigenvalue weighted by Gasteiger charge is -2.26. The number of fused-ring (bicyclic) bond motifs is 1. The molecule has 8 heteroatoms. The SMILES string of the molecule is CC(C)(C)OC(=O)N1[C@@H]2CN(Cc3ccccc3)C[C@@H]2OS1(=O)=O. The molecule has 1 amide bonds. The Bertz CT molecular complexity index is 714. The third-order valence-corrected chi connectivity index (χ3v) is 5.31. The number of nitrogens with zero attached hydrogens (tertiary/aromatic N) is 2. The van der Waals surface area contributed by atoms with Crippen molar-refractivity contribution in [1.29, 1.82) is 0 Å². The molecular weight excluding hydrogens is 332 g/mol. The smallest absolute Gasteiger partial charge is 0.426 e. The highest BCUT2D eigenvalue weighted by atomic mass is 32.2. The van der Waals surface area contributed by atoms with E-state index in [9.17, 15) is 13.2 Å². The Kier molecular flexibility index (Phi) is 4.31. The third-order valence-electron chi connectivity index (χ3n) is 3.92. The molecule has 0 bridgehead atoms. The van der Waals surface area contributed by atoms with E-state index in [1.165, 1.54) is 0 Å². The first-order valence-corrected chi connectivity index (χ1v) is 9.24. The molecular formula is C16H22N2O5S. The predicted molar refractivity (Wildman–Crippen MR) is 87.4 cm³/mol. The minimum absolute atomic E-state index is 0.429. The Balaban J connectivity index is 1.73. The van der Waals surface area contributed by atoms with Crippen molar-refractivity contribution in [3.05, 3.63) is 35.9 Å². The quantitative estimate of drug-likeness (QED) is 0.805. The zero-order valence-corrected chi connectivity index (χ0v) is 14.8. The number of hydrogen-bond acceptors (Lipinski definition) is 6. The fourth-order valence-corrected chi connectivity index (χ4v) is 4.37. The van der Waals surface area contributed by atoms with Gasteiger partial charge in [0.25, 0.3) is 0 Å². The fraction of sp³-hybridized carbons (Fsp3) is 0.562. The van der Waals surface area contributed by atoms with E-state index in [0.717, 1.165) is 9.87 Å². The molecule has 0 spiro atoms. The molecule has 2 saturated heterocycles. The van der Waals surface area contributed by atoms with E-state index in [0.29, 0.717) is 19.6 Å². The van der Waals surface area contributed by atoms with Crippen LogP contribution >= 0.6 is 0 Å². The normalized spacial score (nSPS) is 26.4. The molecule has 3 rings (SSSR count). The lowest BCUT2D eigenvalue weighted by molar-refractivity contribution is 0.0351. The highest BCUT2D eigenvalue weighted by molar-refractivity contribution is 7.85. The molecule has 2 aliphatic rings. The molecule has 0 aromatic heterocycles. The van der Waals surface area contributed by atoms with E-state index in [1.807, 2.05) is 30.3 Å². The molecule has 2 heterocycles. The summed E-state index contributed by atoms with van der Waals surface area (Å²) in [4.78, 5) is 14.4. The van der Waals surface area contributed by atoms with Gasteiger partial charge in [0.1, 0.15) is 11.7 Å². The number of amides is 1. The number of benzene rings is 1. The summed E-state index contributed by atoms with van der Waals surface area (Å²) in [6.07, 6.45) is -1.43. The Morgan fingerprint density at radius 2 is 1.92 bits per heavy atom. The maximum atomic E-state index is 12.3. The fourth-order valence-electron chi connectivity index (χ4n) is 3.03. The van der Waals surface area contributed by atoms with Crippen molar-refractivity contribution in [1.82, 2.24) is 9.21 Å². The zero-order chi connectivity index (χ0) is 17.5. The van der Waals surface area contributed by atoms with Crippen LogP contribution < -0.4 is 0 Å². The van der Waals surface area contributed by atoms with Gasteiger partial charge in [-0.25, -0.2) is 8.98 Å². The van der Waals surface area contributed by atoms with Gasteiger partial charge < -0.3 is 4.74 Å². The Morgan fingerprint density at radius 3 is 2.54 bits per heavy atom. The van der Waals surface area contributed by atoms with Crippen LogP contribution in [0.2, 0.25) is 0 Å². The van der Waals surface area contributed by atoms with Crippen LogP contribution in [0.3, 0.4) is 0 Å². The molecule has 0 N–H and O–H groups in total. The van der Waals surface area contributed by atoms with Crippen LogP contribution in [0.25, 0.3) is 0 Å². The summed E-state index contributed by atoms with van der Waals surface area (Å²) < 4.78 is 35.4. The van der Waals surface area contributed by atoms with Crippen LogP contribution in [0.5, 0.6) is 0 Å². The van der Waals surface area contributed by atoms with Crippen LogP contribution in [0.4, 0.5) is 4.79 Å². The first-order valence-electron chi connectivity index (χ1n) is 7.88. The van der Waals surface area contributed by atoms with E-state index in [-0.39, 0.29) is 0 Å². The van der Waals surface area contributed by atoms with Crippen molar-refractivity contribution in [2.24, 2.45) is 0 Å². The number of ether oxygens (including phenoxy) is 1. The molecule has 0 unspecified atom stereocenters. The van der Waals surface area contributed by atoms with Gasteiger partial charge in [0, 0.05) is 19.6 Å². The van der Waals surface area contributed by atoms with Crippen molar-refractivity contribution >= 4 is 16.4 Å². The van der Waals surface area contributed by atoms with E-state index < -0.39 is 34.1 Å². The molecule has 2 fully saturated rings. The van der Waals surface area contributed by atoms with Gasteiger partial charge >= 0.3 is 16.4 Å². The van der Waals surface area contributed by atoms with E-state index in [2.05, 4.69) is 4.90 Å². The molecule has 24 heavy (non-hydrogen) atoms. The van der Waals surface area contributed by atoms with Crippen molar-refractivity contribution in [2.45, 2.75) is 45.1 Å². The molecule has 7 nitrogen and oxygen atoms in total. The van der Waals surface area contributed by atoms with Crippen molar-refractivity contribution in [3.63, 3.8) is 0 Å². The number of carbonyl (C=O) groups excluding carboxylic acids is 1. The summed E-state index contributed by atoms with van der Waals surface area (Å²) in [6, 6.07) is 9.34. The number of hydrogen-bond donors (Lipinski definition) is 0. The lowest BCUT2D eigenvalue weighted by atomic mass is 10.2. The number of likely N-dealkylation sites (tertiary alicyclic amines) is 1. The van der Waals surface area contributed by atoms with Gasteiger partial charge in [0.05, 0.1) is 6.04 Å². The van der Waals surface area contributed by atoms with Gasteiger partial charge in [-0.1, -0.05) is 30.3 Å². The largest absolute Gasteiger partial charge is 0.443 e. The van der Waals surface area contributed by atoms with E-state index in [4.69, 9.17) is 8.92 Å². The maximum absolute atomic E-state index is 12.3. The first-order chi connectivity index (χ1) is 11.2. The van der Waals surface area contributed by atoms with Gasteiger partial charge in [-0.05, 0) is 26.3 Å². The molecule has 132 valence electrons. The molecule has 2 aliphatic heterocycles. The minimum Gasteiger partial charge on any atom is -0.443 e. The van der Waals surface area contributed by atoms with Crippen molar-refractivity contribution < 1.29 is 22.1 Å². The second-order valence-electron chi connectivity index (χ2n) is 7.12. The monoisotopic (exact) mass is 354 g/mol. The average molecular weight is 354 g/mol. The Labute approximate surface area is 142 Å². The van der Waals surface area contributed by atoms with Crippen molar-refractivity contribution in [2.75, 3.05) is 13.1 Å². The summed E-state index contributed by atoms with van der Waals surface area (Å²) in [7, 11) is -4.08. The lowest BCUT2D eigenvalue weighted by Crippen LogP contribution is -2.45. The van der Waals surface area contributed by atoms with E-state index >= 15 is 0 Å². The zero-order valence-electron chi connectivity index (χ0n) is 14.0. The van der Waals surface area contributed by atoms with Crippen LogP contribution in [0.15, 0.2) is 30.3 Å². The topological polar surface area (TPSA) is 76.2 Å². The Hall–Kier alpha value is -1.64. The van der Waals surface area contributed by atoms with Crippen LogP contribution in [-0.4, -0.2) is 54.6 Å². The van der Waals surface area contributed by atoms with E-state index in [1.54, 1.807) is 20.8 Å². The molecule has 1 aromatic rings. The molecule has 0 radical (unpaired) electrons. The van der Waals surface area contributed by atoms with Gasteiger partial charge in [-0.15, -0.1) is 0 Å². The van der Waals surface area contributed by atoms with Crippen LogP contribution in [0.1, 0.15) is 26.3 Å². The Morgan fingerprint density at radius 1 is 1.25 bits per heavy atom. The highest BCUT2D eigenvalue weighted by Gasteiger charge is 2.54. The molecule has 1 aromatic carbocycles. The van der Waals surface area contributed by atoms with Crippen molar-refractivity contribution in [3.8, 4) is 0 Å². The average Bonchev–Trinajstić information content (AvgIpc) is 2.89. The van der Waals surface area contributed by atoms with Gasteiger partial charge in [-0.3, -0.25) is 4.90 Å². The summed E-state index contributed by atoms with van der Waals surface area (Å²) in [5.41, 5.74) is 0.358. The number of rotatable bonds is 2. The number of carbonyl (C=O) groups is 1. The standard InChI is InChI=1S/C16H22N2O5S/c1-16(2,3)22-15(19)18-13-10-17(9-12-7-5-4-6-8-12)11-14(13)23-24(18,20)21/h4-8,13-14H,9-11H2,1-3H3/t13-,14+/m1/s1. The summed E-state index contributed by atoms with van der Waals surface area (Å²) in [6.45, 7) is 6.66. The summed E-state index contributed by atoms with van der Waals surface area (Å²) in [5, 5.41) is 0. The van der Waals surface area contributed by atoms with Crippen LogP contribution in [0, 0.1) is 0 Å². The third kappa shape index (κ3) is 3.55. The molecule has 0 saturated carbocycles. The van der Waals surface area contributed by atoms with Crippen LogP contribution in [-0.2, 0) is 25.8 Å². The van der Waals surface area contributed by atoms with Gasteiger partial charge in [0.15, 0.2) is 0 Å². The summed E-state index contributed by atoms with van der Waals surface area (Å²) in [5.74, 6) is 0. The molecule has 2 atom stereocenters. The minimum atomic E-state index is -4.08. The molecule has 0 aliphatic carbocycles. The second kappa shape index (κ2) is 6.02.